The van der Waals surface area contributed by atoms with Crippen molar-refractivity contribution in [2.24, 2.45) is 0 Å². The molecule has 0 bridgehead atoms. The lowest BCUT2D eigenvalue weighted by atomic mass is 9.92. The number of pyridine rings is 1. The van der Waals surface area contributed by atoms with E-state index >= 15 is 0 Å². The van der Waals surface area contributed by atoms with Gasteiger partial charge in [0.1, 0.15) is 0 Å². The first kappa shape index (κ1) is 14.8. The van der Waals surface area contributed by atoms with E-state index in [0.717, 1.165) is 25.8 Å². The Bertz CT molecular complexity index is 648. The van der Waals surface area contributed by atoms with Crippen molar-refractivity contribution in [2.45, 2.75) is 25.7 Å². The normalized spacial score (nSPS) is 16.9. The fourth-order valence-corrected chi connectivity index (χ4v) is 2.88. The van der Waals surface area contributed by atoms with E-state index in [4.69, 9.17) is 10.1 Å². The molecule has 1 aliphatic heterocycles. The fraction of sp³-hybridized carbons (Fsp3) is 0.412. The van der Waals surface area contributed by atoms with E-state index in [-0.39, 0.29) is 0 Å². The SMILES string of the molecule is COC(=N)CCC1=Cc2cc(C3=CN(C)NC3)cnc2CC1. The first-order valence-electron chi connectivity index (χ1n) is 7.63. The van der Waals surface area contributed by atoms with Crippen LogP contribution in [0.15, 0.2) is 24.0 Å². The first-order chi connectivity index (χ1) is 10.7. The van der Waals surface area contributed by atoms with Crippen LogP contribution in [0.2, 0.25) is 0 Å². The number of aryl methyl sites for hydroxylation is 1. The summed E-state index contributed by atoms with van der Waals surface area (Å²) >= 11 is 0. The van der Waals surface area contributed by atoms with Gasteiger partial charge >= 0.3 is 0 Å². The van der Waals surface area contributed by atoms with Crippen molar-refractivity contribution in [1.82, 2.24) is 15.4 Å². The van der Waals surface area contributed by atoms with Crippen LogP contribution in [0.25, 0.3) is 11.6 Å². The summed E-state index contributed by atoms with van der Waals surface area (Å²) in [7, 11) is 3.56. The molecule has 0 saturated heterocycles. The lowest BCUT2D eigenvalue weighted by Gasteiger charge is -2.17. The zero-order valence-corrected chi connectivity index (χ0v) is 13.1. The number of rotatable bonds is 4. The number of hydrogen-bond donors (Lipinski definition) is 2. The number of methoxy groups -OCH3 is 1. The molecule has 0 spiro atoms. The lowest BCUT2D eigenvalue weighted by Crippen LogP contribution is -2.23. The third-order valence-electron chi connectivity index (χ3n) is 4.21. The topological polar surface area (TPSA) is 61.2 Å². The molecule has 0 aromatic carbocycles. The number of fused-ring (bicyclic) bond motifs is 1. The van der Waals surface area contributed by atoms with Gasteiger partial charge in [0.2, 0.25) is 0 Å². The Hall–Kier alpha value is -2.14. The van der Waals surface area contributed by atoms with Gasteiger partial charge in [-0.3, -0.25) is 10.4 Å². The second-order valence-electron chi connectivity index (χ2n) is 5.79. The van der Waals surface area contributed by atoms with E-state index in [1.165, 1.54) is 28.0 Å². The summed E-state index contributed by atoms with van der Waals surface area (Å²) in [5.74, 6) is 0.351. The molecule has 0 fully saturated rings. The molecule has 1 aromatic rings. The van der Waals surface area contributed by atoms with Gasteiger partial charge in [-0.25, -0.2) is 5.43 Å². The minimum absolute atomic E-state index is 0.351. The zero-order chi connectivity index (χ0) is 15.5. The van der Waals surface area contributed by atoms with Crippen LogP contribution in [0.5, 0.6) is 0 Å². The molecule has 5 nitrogen and oxygen atoms in total. The first-order valence-corrected chi connectivity index (χ1v) is 7.63. The van der Waals surface area contributed by atoms with Crippen molar-refractivity contribution in [3.63, 3.8) is 0 Å². The molecule has 0 saturated carbocycles. The van der Waals surface area contributed by atoms with Gasteiger partial charge in [-0.2, -0.15) is 0 Å². The maximum atomic E-state index is 7.59. The van der Waals surface area contributed by atoms with Crippen molar-refractivity contribution in [3.05, 3.63) is 40.9 Å². The highest BCUT2D eigenvalue weighted by Gasteiger charge is 2.16. The molecule has 3 rings (SSSR count). The van der Waals surface area contributed by atoms with Crippen LogP contribution >= 0.6 is 0 Å². The van der Waals surface area contributed by atoms with E-state index in [9.17, 15) is 0 Å². The molecule has 2 N–H and O–H groups in total. The number of allylic oxidation sites excluding steroid dienone is 1. The Kier molecular flexibility index (Phi) is 4.24. The predicted octanol–water partition coefficient (Wildman–Crippen LogP) is 2.61. The second kappa shape index (κ2) is 6.32. The van der Waals surface area contributed by atoms with Crippen molar-refractivity contribution in [1.29, 1.82) is 5.41 Å². The third-order valence-corrected chi connectivity index (χ3v) is 4.21. The molecule has 0 radical (unpaired) electrons. The summed E-state index contributed by atoms with van der Waals surface area (Å²) in [5.41, 5.74) is 9.47. The molecule has 116 valence electrons. The van der Waals surface area contributed by atoms with E-state index in [1.807, 2.05) is 18.3 Å². The summed E-state index contributed by atoms with van der Waals surface area (Å²) in [5, 5.41) is 9.56. The summed E-state index contributed by atoms with van der Waals surface area (Å²) in [6, 6.07) is 2.23. The number of hydrogen-bond acceptors (Lipinski definition) is 5. The molecule has 1 aliphatic carbocycles. The number of ether oxygens (including phenoxy) is 1. The van der Waals surface area contributed by atoms with Crippen LogP contribution in [-0.2, 0) is 11.2 Å². The third kappa shape index (κ3) is 3.20. The van der Waals surface area contributed by atoms with Crippen LogP contribution in [0.3, 0.4) is 0 Å². The summed E-state index contributed by atoms with van der Waals surface area (Å²) in [6.45, 7) is 0.846. The Morgan fingerprint density at radius 2 is 2.32 bits per heavy atom. The molecule has 22 heavy (non-hydrogen) atoms. The van der Waals surface area contributed by atoms with Crippen LogP contribution in [0, 0.1) is 5.41 Å². The molecule has 5 heteroatoms. The molecule has 0 atom stereocenters. The number of aromatic nitrogens is 1. The van der Waals surface area contributed by atoms with E-state index in [1.54, 1.807) is 7.11 Å². The Morgan fingerprint density at radius 1 is 1.45 bits per heavy atom. The van der Waals surface area contributed by atoms with E-state index in [0.29, 0.717) is 12.3 Å². The highest BCUT2D eigenvalue weighted by atomic mass is 16.5. The molecular formula is C17H22N4O. The second-order valence-corrected chi connectivity index (χ2v) is 5.79. The van der Waals surface area contributed by atoms with Crippen molar-refractivity contribution in [2.75, 3.05) is 20.7 Å². The van der Waals surface area contributed by atoms with Gasteiger partial charge < -0.3 is 9.75 Å². The monoisotopic (exact) mass is 298 g/mol. The fourth-order valence-electron chi connectivity index (χ4n) is 2.88. The minimum atomic E-state index is 0.351. The largest absolute Gasteiger partial charge is 0.484 e. The average molecular weight is 298 g/mol. The quantitative estimate of drug-likeness (QED) is 0.662. The smallest absolute Gasteiger partial charge is 0.180 e. The van der Waals surface area contributed by atoms with Gasteiger partial charge in [0.25, 0.3) is 0 Å². The van der Waals surface area contributed by atoms with Crippen molar-refractivity contribution < 1.29 is 4.74 Å². The van der Waals surface area contributed by atoms with Crippen LogP contribution < -0.4 is 5.43 Å². The maximum absolute atomic E-state index is 7.59. The highest BCUT2D eigenvalue weighted by Crippen LogP contribution is 2.28. The molecule has 2 heterocycles. The van der Waals surface area contributed by atoms with Gasteiger partial charge in [-0.1, -0.05) is 11.6 Å². The van der Waals surface area contributed by atoms with Gasteiger partial charge in [0.15, 0.2) is 5.90 Å². The van der Waals surface area contributed by atoms with Crippen LogP contribution in [0.4, 0.5) is 0 Å². The number of nitrogens with one attached hydrogen (secondary N) is 2. The molecular weight excluding hydrogens is 276 g/mol. The minimum Gasteiger partial charge on any atom is -0.484 e. The maximum Gasteiger partial charge on any atom is 0.180 e. The zero-order valence-electron chi connectivity index (χ0n) is 13.1. The van der Waals surface area contributed by atoms with Gasteiger partial charge in [0.05, 0.1) is 7.11 Å². The number of hydrazine groups is 1. The summed E-state index contributed by atoms with van der Waals surface area (Å²) in [4.78, 5) is 4.64. The summed E-state index contributed by atoms with van der Waals surface area (Å²) in [6.07, 6.45) is 9.91. The Morgan fingerprint density at radius 3 is 3.05 bits per heavy atom. The average Bonchev–Trinajstić information content (AvgIpc) is 2.98. The van der Waals surface area contributed by atoms with Gasteiger partial charge in [-0.05, 0) is 42.0 Å². The standard InChI is InChI=1S/C17H22N4O/c1-21-11-15(10-20-21)14-8-13-7-12(4-6-17(18)22-2)3-5-16(13)19-9-14/h7-9,11,18,20H,3-6,10H2,1-2H3. The predicted molar refractivity (Wildman–Crippen MR) is 88.2 cm³/mol. The van der Waals surface area contributed by atoms with E-state index < -0.39 is 0 Å². The van der Waals surface area contributed by atoms with Crippen LogP contribution in [-0.4, -0.2) is 36.6 Å². The summed E-state index contributed by atoms with van der Waals surface area (Å²) < 4.78 is 4.93. The highest BCUT2D eigenvalue weighted by molar-refractivity contribution is 5.74. The van der Waals surface area contributed by atoms with Gasteiger partial charge in [-0.15, -0.1) is 0 Å². The van der Waals surface area contributed by atoms with Crippen LogP contribution in [0.1, 0.15) is 36.1 Å². The Labute approximate surface area is 131 Å². The molecule has 0 amide bonds. The lowest BCUT2D eigenvalue weighted by molar-refractivity contribution is 0.374. The molecule has 2 aliphatic rings. The number of nitrogens with zero attached hydrogens (tertiary/aromatic N) is 2. The van der Waals surface area contributed by atoms with E-state index in [2.05, 4.69) is 28.8 Å². The van der Waals surface area contributed by atoms with Crippen molar-refractivity contribution in [3.8, 4) is 0 Å². The van der Waals surface area contributed by atoms with Crippen molar-refractivity contribution >= 4 is 17.5 Å². The Balaban J connectivity index is 1.79. The molecule has 1 aromatic heterocycles. The molecule has 0 unspecified atom stereocenters. The van der Waals surface area contributed by atoms with Gasteiger partial charge in [0, 0.05) is 38.1 Å².